The van der Waals surface area contributed by atoms with Crippen LogP contribution in [0, 0.1) is 0 Å². The van der Waals surface area contributed by atoms with E-state index in [-0.39, 0.29) is 19.9 Å². The van der Waals surface area contributed by atoms with Crippen molar-refractivity contribution in [1.29, 1.82) is 0 Å². The van der Waals surface area contributed by atoms with Crippen LogP contribution >= 0.6 is 11.8 Å². The van der Waals surface area contributed by atoms with Gasteiger partial charge in [-0.05, 0) is 35.8 Å². The summed E-state index contributed by atoms with van der Waals surface area (Å²) in [7, 11) is 0.153. The van der Waals surface area contributed by atoms with E-state index >= 15 is 0 Å². The Balaban J connectivity index is 2.38. The van der Waals surface area contributed by atoms with Crippen LogP contribution < -0.4 is 9.47 Å². The van der Waals surface area contributed by atoms with Crippen LogP contribution in [0.4, 0.5) is 0 Å². The highest BCUT2D eigenvalue weighted by Gasteiger charge is 2.24. The minimum Gasteiger partial charge on any atom is -0.493 e. The lowest BCUT2D eigenvalue weighted by atomic mass is 10.1. The first kappa shape index (κ1) is 26.6. The van der Waals surface area contributed by atoms with E-state index < -0.39 is 14.0 Å². The fourth-order valence-electron chi connectivity index (χ4n) is 2.79. The van der Waals surface area contributed by atoms with Gasteiger partial charge in [-0.25, -0.2) is 4.79 Å². The maximum absolute atomic E-state index is 13.2. The van der Waals surface area contributed by atoms with Gasteiger partial charge in [0.15, 0.2) is 6.79 Å². The Bertz CT molecular complexity index is 947. The third-order valence-electron chi connectivity index (χ3n) is 4.49. The van der Waals surface area contributed by atoms with Crippen LogP contribution in [0.3, 0.4) is 0 Å². The molecule has 0 aliphatic rings. The second-order valence-electron chi connectivity index (χ2n) is 8.32. The van der Waals surface area contributed by atoms with Gasteiger partial charge in [-0.15, -0.1) is 11.8 Å². The fourth-order valence-corrected chi connectivity index (χ4v) is 4.45. The topological polar surface area (TPSA) is 103 Å². The molecule has 0 aliphatic carbocycles. The molecular formula is C23H31N3O5SSi. The summed E-state index contributed by atoms with van der Waals surface area (Å²) in [5.41, 5.74) is 9.51. The first-order valence-electron chi connectivity index (χ1n) is 10.6. The zero-order valence-electron chi connectivity index (χ0n) is 19.6. The number of thioether (sulfide) groups is 1. The fraction of sp³-hybridized carbons (Fsp3) is 0.435. The highest BCUT2D eigenvalue weighted by molar-refractivity contribution is 7.98. The average Bonchev–Trinajstić information content (AvgIpc) is 2.79. The van der Waals surface area contributed by atoms with Crippen molar-refractivity contribution in [3.05, 3.63) is 64.0 Å². The maximum Gasteiger partial charge on any atom is 0.342 e. The van der Waals surface area contributed by atoms with Crippen LogP contribution in [0.5, 0.6) is 11.5 Å². The lowest BCUT2D eigenvalue weighted by Crippen LogP contribution is -2.23. The molecule has 0 aliphatic heterocycles. The zero-order chi connectivity index (χ0) is 24.1. The molecule has 2 aromatic carbocycles. The Morgan fingerprint density at radius 2 is 1.79 bits per heavy atom. The van der Waals surface area contributed by atoms with Gasteiger partial charge in [-0.3, -0.25) is 0 Å². The number of benzene rings is 2. The predicted octanol–water partition coefficient (Wildman–Crippen LogP) is 6.15. The third-order valence-corrected chi connectivity index (χ3v) is 7.23. The quantitative estimate of drug-likeness (QED) is 0.0461. The predicted molar refractivity (Wildman–Crippen MR) is 133 cm³/mol. The number of ether oxygens (including phenoxy) is 4. The van der Waals surface area contributed by atoms with Crippen LogP contribution in [0.1, 0.15) is 15.9 Å². The number of azide groups is 1. The van der Waals surface area contributed by atoms with Crippen molar-refractivity contribution >= 4 is 25.8 Å². The summed E-state index contributed by atoms with van der Waals surface area (Å²) in [5, 5.41) is 3.51. The lowest BCUT2D eigenvalue weighted by Gasteiger charge is -2.20. The second kappa shape index (κ2) is 13.8. The average molecular weight is 490 g/mol. The summed E-state index contributed by atoms with van der Waals surface area (Å²) in [6.07, 6.45) is 0. The Labute approximate surface area is 200 Å². The van der Waals surface area contributed by atoms with Crippen LogP contribution in [-0.2, 0) is 15.2 Å². The number of carbonyl (C=O) groups is 1. The van der Waals surface area contributed by atoms with Crippen LogP contribution in [0.2, 0.25) is 25.7 Å². The Morgan fingerprint density at radius 3 is 2.45 bits per heavy atom. The van der Waals surface area contributed by atoms with E-state index in [0.717, 1.165) is 10.9 Å². The van der Waals surface area contributed by atoms with Crippen molar-refractivity contribution in [2.24, 2.45) is 5.11 Å². The highest BCUT2D eigenvalue weighted by Crippen LogP contribution is 2.36. The third kappa shape index (κ3) is 9.39. The summed E-state index contributed by atoms with van der Waals surface area (Å²) in [5.74, 6) is 0.904. The van der Waals surface area contributed by atoms with Gasteiger partial charge in [-0.1, -0.05) is 43.0 Å². The van der Waals surface area contributed by atoms with Gasteiger partial charge in [0.05, 0.1) is 19.8 Å². The van der Waals surface area contributed by atoms with Gasteiger partial charge in [0.2, 0.25) is 0 Å². The van der Waals surface area contributed by atoms with Crippen LogP contribution in [0.15, 0.2) is 52.5 Å². The van der Waals surface area contributed by atoms with Crippen molar-refractivity contribution in [2.45, 2.75) is 36.3 Å². The van der Waals surface area contributed by atoms with Gasteiger partial charge in [0.25, 0.3) is 0 Å². The van der Waals surface area contributed by atoms with E-state index in [4.69, 9.17) is 24.5 Å². The molecule has 0 N–H and O–H groups in total. The number of hydrogen-bond acceptors (Lipinski definition) is 7. The number of hydrogen-bond donors (Lipinski definition) is 0. The number of methoxy groups -OCH3 is 1. The minimum absolute atomic E-state index is 0.00244. The smallest absolute Gasteiger partial charge is 0.342 e. The molecule has 33 heavy (non-hydrogen) atoms. The van der Waals surface area contributed by atoms with Gasteiger partial charge < -0.3 is 18.9 Å². The molecular weight excluding hydrogens is 458 g/mol. The Morgan fingerprint density at radius 1 is 1.06 bits per heavy atom. The first-order valence-corrected chi connectivity index (χ1v) is 15.3. The van der Waals surface area contributed by atoms with Gasteiger partial charge in [0.1, 0.15) is 17.1 Å². The van der Waals surface area contributed by atoms with Crippen molar-refractivity contribution in [3.8, 4) is 11.5 Å². The van der Waals surface area contributed by atoms with Crippen LogP contribution in [-0.4, -0.2) is 47.7 Å². The first-order chi connectivity index (χ1) is 15.9. The van der Waals surface area contributed by atoms with E-state index in [0.29, 0.717) is 35.0 Å². The molecule has 2 rings (SSSR count). The molecule has 0 atom stereocenters. The number of rotatable bonds is 14. The van der Waals surface area contributed by atoms with Gasteiger partial charge >= 0.3 is 5.97 Å². The summed E-state index contributed by atoms with van der Waals surface area (Å²) in [4.78, 5) is 17.0. The van der Waals surface area contributed by atoms with Crippen molar-refractivity contribution in [1.82, 2.24) is 0 Å². The maximum atomic E-state index is 13.2. The summed E-state index contributed by atoms with van der Waals surface area (Å²) >= 11 is 1.57. The molecule has 0 unspecified atom stereocenters. The standard InChI is InChI=1S/C23H31N3O5SSi/c1-28-17-31-21-11-10-20(29-13-12-25-26-24)19(16-32-18-8-6-5-7-9-18)22(21)23(27)30-14-15-33(2,3)4/h5-11H,12-17H2,1-4H3. The van der Waals surface area contributed by atoms with Gasteiger partial charge in [0, 0.05) is 36.3 Å². The molecule has 0 saturated carbocycles. The number of esters is 1. The molecule has 2 aromatic rings. The zero-order valence-corrected chi connectivity index (χ0v) is 21.4. The molecule has 0 amide bonds. The Kier molecular flexibility index (Phi) is 11.1. The molecule has 0 radical (unpaired) electrons. The van der Waals surface area contributed by atoms with E-state index in [9.17, 15) is 4.79 Å². The lowest BCUT2D eigenvalue weighted by molar-refractivity contribution is 0.0435. The molecule has 0 bridgehead atoms. The summed E-state index contributed by atoms with van der Waals surface area (Å²) in [6, 6.07) is 14.2. The largest absolute Gasteiger partial charge is 0.493 e. The molecule has 0 aromatic heterocycles. The molecule has 178 valence electrons. The van der Waals surface area contributed by atoms with E-state index in [1.54, 1.807) is 23.9 Å². The minimum atomic E-state index is -1.37. The molecule has 0 spiro atoms. The summed E-state index contributed by atoms with van der Waals surface area (Å²) < 4.78 is 22.3. The van der Waals surface area contributed by atoms with E-state index in [1.165, 1.54) is 7.11 Å². The second-order valence-corrected chi connectivity index (χ2v) is 15.0. The van der Waals surface area contributed by atoms with Crippen LogP contribution in [0.25, 0.3) is 10.4 Å². The molecule has 8 nitrogen and oxygen atoms in total. The normalized spacial score (nSPS) is 10.9. The van der Waals surface area contributed by atoms with Crippen molar-refractivity contribution < 1.29 is 23.7 Å². The number of nitrogens with zero attached hydrogens (tertiary/aromatic N) is 3. The molecule has 0 heterocycles. The Hall–Kier alpha value is -2.65. The molecule has 0 saturated heterocycles. The SMILES string of the molecule is COCOc1ccc(OCCN=[N+]=[N-])c(CSc2ccccc2)c1C(=O)OCC[Si](C)(C)C. The number of carbonyl (C=O) groups excluding carboxylic acids is 1. The van der Waals surface area contributed by atoms with E-state index in [1.807, 2.05) is 30.3 Å². The van der Waals surface area contributed by atoms with E-state index in [2.05, 4.69) is 29.7 Å². The monoisotopic (exact) mass is 489 g/mol. The molecule has 10 heteroatoms. The van der Waals surface area contributed by atoms with Crippen molar-refractivity contribution in [3.63, 3.8) is 0 Å². The van der Waals surface area contributed by atoms with Gasteiger partial charge in [-0.2, -0.15) is 0 Å². The summed E-state index contributed by atoms with van der Waals surface area (Å²) in [6.45, 7) is 7.41. The molecule has 0 fully saturated rings. The van der Waals surface area contributed by atoms with Crippen molar-refractivity contribution in [2.75, 3.05) is 33.7 Å². The highest BCUT2D eigenvalue weighted by atomic mass is 32.2.